The number of esters is 2. The van der Waals surface area contributed by atoms with E-state index in [0.717, 1.165) is 34.5 Å². The summed E-state index contributed by atoms with van der Waals surface area (Å²) >= 11 is 1.23. The number of allylic oxidation sites excluding steroid dienone is 1. The lowest BCUT2D eigenvalue weighted by Gasteiger charge is -2.24. The van der Waals surface area contributed by atoms with Crippen molar-refractivity contribution < 1.29 is 23.8 Å². The largest absolute Gasteiger partial charge is 0.493 e. The number of aryl methyl sites for hydroxylation is 1. The molecule has 1 aliphatic heterocycles. The molecule has 250 valence electrons. The standard InChI is InChI=1S/C38H36N4O6S/c1-6-19-48-30-18-17-27(20-23(30)3)33-28(22-41(40-33)29-11-9-8-10-12-29)21-31-35(43)42-34(25-13-15-26(16-14-25)36(44)46-5)32(37(45)47-7-2)24(4)39-38(42)49-31/h8-18,20-22,34H,6-7,19H2,1-5H3. The predicted octanol–water partition coefficient (Wildman–Crippen LogP) is 5.53. The maximum absolute atomic E-state index is 14.4. The number of thiazole rings is 1. The minimum absolute atomic E-state index is 0.160. The zero-order chi connectivity index (χ0) is 34.7. The van der Waals surface area contributed by atoms with Crippen LogP contribution < -0.4 is 19.6 Å². The third kappa shape index (κ3) is 6.62. The van der Waals surface area contributed by atoms with Crippen LogP contribution in [-0.4, -0.2) is 46.6 Å². The number of para-hydroxylation sites is 1. The number of rotatable bonds is 10. The number of carbonyl (C=O) groups excluding carboxylic acids is 2. The molecule has 5 aromatic rings. The molecule has 6 rings (SSSR count). The Kier molecular flexibility index (Phi) is 9.72. The van der Waals surface area contributed by atoms with Crippen LogP contribution in [0.4, 0.5) is 0 Å². The minimum atomic E-state index is -0.825. The van der Waals surface area contributed by atoms with Crippen molar-refractivity contribution in [1.82, 2.24) is 14.3 Å². The molecule has 0 aliphatic carbocycles. The lowest BCUT2D eigenvalue weighted by atomic mass is 9.95. The molecule has 11 heteroatoms. The number of methoxy groups -OCH3 is 1. The van der Waals surface area contributed by atoms with E-state index in [1.807, 2.05) is 67.7 Å². The van der Waals surface area contributed by atoms with E-state index in [1.54, 1.807) is 42.8 Å². The lowest BCUT2D eigenvalue weighted by molar-refractivity contribution is -0.139. The van der Waals surface area contributed by atoms with Gasteiger partial charge in [-0.05, 0) is 86.9 Å². The van der Waals surface area contributed by atoms with E-state index in [4.69, 9.17) is 24.3 Å². The lowest BCUT2D eigenvalue weighted by Crippen LogP contribution is -2.40. The molecule has 0 fully saturated rings. The van der Waals surface area contributed by atoms with Crippen LogP contribution in [0.5, 0.6) is 5.75 Å². The van der Waals surface area contributed by atoms with Crippen LogP contribution in [-0.2, 0) is 14.3 Å². The van der Waals surface area contributed by atoms with Crippen molar-refractivity contribution in [3.8, 4) is 22.7 Å². The molecular formula is C38H36N4O6S. The van der Waals surface area contributed by atoms with Crippen LogP contribution in [0.2, 0.25) is 0 Å². The van der Waals surface area contributed by atoms with E-state index in [2.05, 4.69) is 6.92 Å². The van der Waals surface area contributed by atoms with Crippen LogP contribution in [0.1, 0.15) is 60.3 Å². The Morgan fingerprint density at radius 2 is 1.73 bits per heavy atom. The van der Waals surface area contributed by atoms with E-state index < -0.39 is 18.0 Å². The van der Waals surface area contributed by atoms with Crippen molar-refractivity contribution >= 4 is 29.4 Å². The summed E-state index contributed by atoms with van der Waals surface area (Å²) in [4.78, 5) is 45.0. The number of carbonyl (C=O) groups is 2. The first-order valence-corrected chi connectivity index (χ1v) is 16.8. The Morgan fingerprint density at radius 1 is 0.980 bits per heavy atom. The minimum Gasteiger partial charge on any atom is -0.493 e. The Labute approximate surface area is 287 Å². The van der Waals surface area contributed by atoms with Crippen LogP contribution >= 0.6 is 11.3 Å². The molecular weight excluding hydrogens is 641 g/mol. The third-order valence-electron chi connectivity index (χ3n) is 8.12. The third-order valence-corrected chi connectivity index (χ3v) is 9.11. The Balaban J connectivity index is 1.52. The normalized spacial score (nSPS) is 14.3. The van der Waals surface area contributed by atoms with Crippen molar-refractivity contribution in [2.45, 2.75) is 40.2 Å². The van der Waals surface area contributed by atoms with E-state index in [0.29, 0.717) is 38.5 Å². The van der Waals surface area contributed by atoms with Gasteiger partial charge in [-0.15, -0.1) is 0 Å². The van der Waals surface area contributed by atoms with Gasteiger partial charge in [0.1, 0.15) is 11.4 Å². The smallest absolute Gasteiger partial charge is 0.338 e. The van der Waals surface area contributed by atoms with Gasteiger partial charge in [-0.1, -0.05) is 48.6 Å². The van der Waals surface area contributed by atoms with Crippen LogP contribution in [0.3, 0.4) is 0 Å². The highest BCUT2D eigenvalue weighted by Gasteiger charge is 2.33. The molecule has 0 bridgehead atoms. The molecule has 0 saturated heterocycles. The topological polar surface area (TPSA) is 114 Å². The fraction of sp³-hybridized carbons (Fsp3) is 0.237. The molecule has 10 nitrogen and oxygen atoms in total. The summed E-state index contributed by atoms with van der Waals surface area (Å²) in [7, 11) is 1.31. The summed E-state index contributed by atoms with van der Waals surface area (Å²) in [6.07, 6.45) is 4.63. The Bertz CT molecular complexity index is 2250. The number of fused-ring (bicyclic) bond motifs is 1. The summed E-state index contributed by atoms with van der Waals surface area (Å²) in [5.41, 5.74) is 5.50. The summed E-state index contributed by atoms with van der Waals surface area (Å²) in [5.74, 6) is -0.235. The molecule has 3 aromatic carbocycles. The maximum atomic E-state index is 14.4. The molecule has 2 aromatic heterocycles. The van der Waals surface area contributed by atoms with Gasteiger partial charge in [-0.25, -0.2) is 19.3 Å². The fourth-order valence-corrected chi connectivity index (χ4v) is 6.81. The summed E-state index contributed by atoms with van der Waals surface area (Å²) < 4.78 is 19.9. The van der Waals surface area contributed by atoms with Gasteiger partial charge in [0.2, 0.25) is 0 Å². The number of ether oxygens (including phenoxy) is 3. The SMILES string of the molecule is CCCOc1ccc(-c2nn(-c3ccccc3)cc2C=c2sc3n(c2=O)C(c2ccc(C(=O)OC)cc2)C(C(=O)OCC)=C(C)N=3)cc1C. The quantitative estimate of drug-likeness (QED) is 0.179. The first kappa shape index (κ1) is 33.4. The molecule has 1 atom stereocenters. The second kappa shape index (κ2) is 14.3. The highest BCUT2D eigenvalue weighted by atomic mass is 32.1. The van der Waals surface area contributed by atoms with Crippen molar-refractivity contribution in [3.05, 3.63) is 132 Å². The van der Waals surface area contributed by atoms with Gasteiger partial charge >= 0.3 is 11.9 Å². The molecule has 1 unspecified atom stereocenters. The van der Waals surface area contributed by atoms with E-state index in [-0.39, 0.29) is 17.7 Å². The number of aromatic nitrogens is 3. The molecule has 0 N–H and O–H groups in total. The highest BCUT2D eigenvalue weighted by Crippen LogP contribution is 2.32. The first-order valence-electron chi connectivity index (χ1n) is 16.0. The molecule has 0 amide bonds. The molecule has 3 heterocycles. The molecule has 1 aliphatic rings. The molecule has 0 radical (unpaired) electrons. The summed E-state index contributed by atoms with van der Waals surface area (Å²) in [5, 5.41) is 4.96. The molecule has 0 saturated carbocycles. The zero-order valence-electron chi connectivity index (χ0n) is 27.9. The predicted molar refractivity (Wildman–Crippen MR) is 188 cm³/mol. The van der Waals surface area contributed by atoms with Gasteiger partial charge in [0.25, 0.3) is 5.56 Å². The van der Waals surface area contributed by atoms with Crippen molar-refractivity contribution in [3.63, 3.8) is 0 Å². The van der Waals surface area contributed by atoms with E-state index in [9.17, 15) is 14.4 Å². The van der Waals surface area contributed by atoms with Gasteiger partial charge < -0.3 is 14.2 Å². The van der Waals surface area contributed by atoms with E-state index in [1.165, 1.54) is 23.0 Å². The van der Waals surface area contributed by atoms with Gasteiger partial charge in [0, 0.05) is 17.3 Å². The zero-order valence-corrected chi connectivity index (χ0v) is 28.7. The second-order valence-corrected chi connectivity index (χ2v) is 12.5. The molecule has 49 heavy (non-hydrogen) atoms. The van der Waals surface area contributed by atoms with Gasteiger partial charge in [0.15, 0.2) is 4.80 Å². The van der Waals surface area contributed by atoms with Crippen molar-refractivity contribution in [2.24, 2.45) is 4.99 Å². The second-order valence-electron chi connectivity index (χ2n) is 11.5. The number of nitrogens with zero attached hydrogens (tertiary/aromatic N) is 4. The summed E-state index contributed by atoms with van der Waals surface area (Å²) in [6.45, 7) is 8.32. The van der Waals surface area contributed by atoms with Gasteiger partial charge in [0.05, 0.1) is 53.4 Å². The first-order chi connectivity index (χ1) is 23.7. The molecule has 0 spiro atoms. The Hall–Kier alpha value is -5.55. The highest BCUT2D eigenvalue weighted by molar-refractivity contribution is 7.07. The number of hydrogen-bond donors (Lipinski definition) is 0. The van der Waals surface area contributed by atoms with Crippen LogP contribution in [0.15, 0.2) is 100 Å². The number of hydrogen-bond acceptors (Lipinski definition) is 9. The fourth-order valence-electron chi connectivity index (χ4n) is 5.77. The Morgan fingerprint density at radius 3 is 2.41 bits per heavy atom. The van der Waals surface area contributed by atoms with Crippen LogP contribution in [0.25, 0.3) is 23.0 Å². The van der Waals surface area contributed by atoms with Crippen LogP contribution in [0, 0.1) is 6.92 Å². The van der Waals surface area contributed by atoms with Gasteiger partial charge in [-0.3, -0.25) is 9.36 Å². The van der Waals surface area contributed by atoms with E-state index >= 15 is 0 Å². The van der Waals surface area contributed by atoms with Crippen molar-refractivity contribution in [2.75, 3.05) is 20.3 Å². The number of benzene rings is 3. The van der Waals surface area contributed by atoms with Gasteiger partial charge in [-0.2, -0.15) is 5.10 Å². The monoisotopic (exact) mass is 676 g/mol. The maximum Gasteiger partial charge on any atom is 0.338 e. The summed E-state index contributed by atoms with van der Waals surface area (Å²) in [6, 6.07) is 21.5. The average Bonchev–Trinajstić information content (AvgIpc) is 3.67. The average molecular weight is 677 g/mol. The van der Waals surface area contributed by atoms with Crippen molar-refractivity contribution in [1.29, 1.82) is 0 Å².